The highest BCUT2D eigenvalue weighted by Crippen LogP contribution is 2.08. The zero-order chi connectivity index (χ0) is 14.6. The van der Waals surface area contributed by atoms with Crippen molar-refractivity contribution in [3.05, 3.63) is 0 Å². The summed E-state index contributed by atoms with van der Waals surface area (Å²) in [6.45, 7) is 3.16. The summed E-state index contributed by atoms with van der Waals surface area (Å²) in [6.07, 6.45) is 0. The molecule has 8 nitrogen and oxygen atoms in total. The maximum absolute atomic E-state index is 11.9. The Morgan fingerprint density at radius 3 is 2.37 bits per heavy atom. The average Bonchev–Trinajstić information content (AvgIpc) is 2.38. The first-order valence-electron chi connectivity index (χ1n) is 5.93. The van der Waals surface area contributed by atoms with Crippen LogP contribution in [0.15, 0.2) is 0 Å². The quantitative estimate of drug-likeness (QED) is 0.616. The molecule has 19 heavy (non-hydrogen) atoms. The van der Waals surface area contributed by atoms with Gasteiger partial charge in [0.2, 0.25) is 15.9 Å². The molecule has 1 aliphatic heterocycles. The van der Waals surface area contributed by atoms with Crippen LogP contribution in [0.4, 0.5) is 0 Å². The molecule has 0 aliphatic carbocycles. The standard InChI is InChI=1S/C10H19N3O5S/c1-8(10(15)16)19(17,18)12(2)7-9(14)13-5-3-11-4-6-13/h8,11H,3-7H2,1-2H3,(H,15,16). The van der Waals surface area contributed by atoms with E-state index in [0.29, 0.717) is 26.2 Å². The number of hydrogen-bond acceptors (Lipinski definition) is 5. The number of nitrogens with zero attached hydrogens (tertiary/aromatic N) is 2. The number of piperazine rings is 1. The Hall–Kier alpha value is -1.19. The van der Waals surface area contributed by atoms with E-state index in [-0.39, 0.29) is 12.5 Å². The molecule has 0 aromatic heterocycles. The first kappa shape index (κ1) is 15.9. The zero-order valence-corrected chi connectivity index (χ0v) is 11.8. The number of hydrogen-bond donors (Lipinski definition) is 2. The fourth-order valence-corrected chi connectivity index (χ4v) is 2.78. The topological polar surface area (TPSA) is 107 Å². The molecule has 0 radical (unpaired) electrons. The van der Waals surface area contributed by atoms with E-state index in [0.717, 1.165) is 11.2 Å². The second kappa shape index (κ2) is 6.31. The van der Waals surface area contributed by atoms with Gasteiger partial charge in [0.15, 0.2) is 5.25 Å². The van der Waals surface area contributed by atoms with Gasteiger partial charge in [-0.2, -0.15) is 4.31 Å². The number of carboxylic acid groups (broad SMARTS) is 1. The smallest absolute Gasteiger partial charge is 0.323 e. The highest BCUT2D eigenvalue weighted by atomic mass is 32.2. The van der Waals surface area contributed by atoms with Gasteiger partial charge in [-0.1, -0.05) is 0 Å². The fraction of sp³-hybridized carbons (Fsp3) is 0.800. The zero-order valence-electron chi connectivity index (χ0n) is 11.0. The number of nitrogens with one attached hydrogen (secondary N) is 1. The van der Waals surface area contributed by atoms with Crippen molar-refractivity contribution < 1.29 is 23.1 Å². The molecule has 1 unspecified atom stereocenters. The molecule has 0 saturated carbocycles. The van der Waals surface area contributed by atoms with E-state index < -0.39 is 21.2 Å². The average molecular weight is 293 g/mol. The number of carbonyl (C=O) groups excluding carboxylic acids is 1. The van der Waals surface area contributed by atoms with Crippen LogP contribution in [-0.4, -0.2) is 79.6 Å². The number of carbonyl (C=O) groups is 2. The lowest BCUT2D eigenvalue weighted by Gasteiger charge is -2.29. The molecule has 9 heteroatoms. The Kier molecular flexibility index (Phi) is 5.27. The van der Waals surface area contributed by atoms with E-state index >= 15 is 0 Å². The number of sulfonamides is 1. The molecule has 0 spiro atoms. The number of amides is 1. The Balaban J connectivity index is 2.65. The first-order chi connectivity index (χ1) is 8.76. The van der Waals surface area contributed by atoms with E-state index in [1.807, 2.05) is 0 Å². The lowest BCUT2D eigenvalue weighted by atomic mass is 10.3. The summed E-state index contributed by atoms with van der Waals surface area (Å²) in [5.74, 6) is -1.74. The van der Waals surface area contributed by atoms with Crippen molar-refractivity contribution in [2.45, 2.75) is 12.2 Å². The third-order valence-electron chi connectivity index (χ3n) is 3.06. The van der Waals surface area contributed by atoms with Crippen LogP contribution in [0.3, 0.4) is 0 Å². The van der Waals surface area contributed by atoms with Gasteiger partial charge in [-0.25, -0.2) is 8.42 Å². The number of aliphatic carboxylic acids is 1. The van der Waals surface area contributed by atoms with Gasteiger partial charge < -0.3 is 15.3 Å². The molecule has 1 atom stereocenters. The molecule has 1 saturated heterocycles. The number of rotatable bonds is 5. The highest BCUT2D eigenvalue weighted by molar-refractivity contribution is 7.90. The summed E-state index contributed by atoms with van der Waals surface area (Å²) in [4.78, 5) is 24.2. The molecular formula is C10H19N3O5S. The van der Waals surface area contributed by atoms with E-state index in [4.69, 9.17) is 5.11 Å². The predicted molar refractivity (Wildman–Crippen MR) is 68.1 cm³/mol. The van der Waals surface area contributed by atoms with Crippen molar-refractivity contribution in [3.8, 4) is 0 Å². The third kappa shape index (κ3) is 3.88. The van der Waals surface area contributed by atoms with Gasteiger partial charge in [-0.15, -0.1) is 0 Å². The second-order valence-corrected chi connectivity index (χ2v) is 6.77. The van der Waals surface area contributed by atoms with E-state index in [1.54, 1.807) is 4.90 Å². The molecule has 1 heterocycles. The molecule has 1 fully saturated rings. The summed E-state index contributed by atoms with van der Waals surface area (Å²) in [6, 6.07) is 0. The molecule has 1 aliphatic rings. The SMILES string of the molecule is CC(C(=O)O)S(=O)(=O)N(C)CC(=O)N1CCNCC1. The number of likely N-dealkylation sites (N-methyl/N-ethyl adjacent to an activating group) is 1. The van der Waals surface area contributed by atoms with Crippen molar-refractivity contribution >= 4 is 21.9 Å². The molecule has 0 bridgehead atoms. The first-order valence-corrected chi connectivity index (χ1v) is 7.43. The molecule has 0 aromatic rings. The highest BCUT2D eigenvalue weighted by Gasteiger charge is 2.33. The number of carboxylic acids is 1. The van der Waals surface area contributed by atoms with Crippen LogP contribution in [0, 0.1) is 0 Å². The maximum atomic E-state index is 11.9. The Labute approximate surface area is 112 Å². The van der Waals surface area contributed by atoms with E-state index in [2.05, 4.69) is 5.32 Å². The van der Waals surface area contributed by atoms with Crippen LogP contribution >= 0.6 is 0 Å². The molecule has 1 amide bonds. The van der Waals surface area contributed by atoms with Crippen LogP contribution in [0.25, 0.3) is 0 Å². The molecule has 1 rings (SSSR count). The minimum Gasteiger partial charge on any atom is -0.480 e. The van der Waals surface area contributed by atoms with Gasteiger partial charge in [0, 0.05) is 33.2 Å². The van der Waals surface area contributed by atoms with Crippen LogP contribution in [0.5, 0.6) is 0 Å². The Morgan fingerprint density at radius 2 is 1.89 bits per heavy atom. The fourth-order valence-electron chi connectivity index (χ4n) is 1.69. The molecular weight excluding hydrogens is 274 g/mol. The minimum absolute atomic E-state index is 0.315. The Morgan fingerprint density at radius 1 is 1.37 bits per heavy atom. The van der Waals surface area contributed by atoms with Gasteiger partial charge in [-0.05, 0) is 6.92 Å². The van der Waals surface area contributed by atoms with Crippen molar-refractivity contribution in [2.24, 2.45) is 0 Å². The van der Waals surface area contributed by atoms with Gasteiger partial charge in [0.1, 0.15) is 0 Å². The third-order valence-corrected chi connectivity index (χ3v) is 5.15. The van der Waals surface area contributed by atoms with Crippen LogP contribution in [0.2, 0.25) is 0 Å². The Bertz CT molecular complexity index is 444. The van der Waals surface area contributed by atoms with E-state index in [1.165, 1.54) is 7.05 Å². The van der Waals surface area contributed by atoms with Gasteiger partial charge in [0.05, 0.1) is 6.54 Å². The molecule has 0 aromatic carbocycles. The largest absolute Gasteiger partial charge is 0.480 e. The normalized spacial score (nSPS) is 18.4. The van der Waals surface area contributed by atoms with Crippen LogP contribution < -0.4 is 5.32 Å². The van der Waals surface area contributed by atoms with Crippen LogP contribution in [-0.2, 0) is 19.6 Å². The van der Waals surface area contributed by atoms with Gasteiger partial charge >= 0.3 is 5.97 Å². The van der Waals surface area contributed by atoms with Gasteiger partial charge in [-0.3, -0.25) is 9.59 Å². The summed E-state index contributed by atoms with van der Waals surface area (Å²) in [7, 11) is -2.78. The lowest BCUT2D eigenvalue weighted by Crippen LogP contribution is -2.50. The predicted octanol–water partition coefficient (Wildman–Crippen LogP) is -1.85. The van der Waals surface area contributed by atoms with Gasteiger partial charge in [0.25, 0.3) is 0 Å². The summed E-state index contributed by atoms with van der Waals surface area (Å²) in [5.41, 5.74) is 0. The monoisotopic (exact) mass is 293 g/mol. The minimum atomic E-state index is -4.00. The maximum Gasteiger partial charge on any atom is 0.323 e. The van der Waals surface area contributed by atoms with Crippen molar-refractivity contribution in [1.29, 1.82) is 0 Å². The second-order valence-electron chi connectivity index (χ2n) is 4.41. The van der Waals surface area contributed by atoms with E-state index in [9.17, 15) is 18.0 Å². The molecule has 110 valence electrons. The van der Waals surface area contributed by atoms with Crippen molar-refractivity contribution in [1.82, 2.24) is 14.5 Å². The van der Waals surface area contributed by atoms with Crippen molar-refractivity contribution in [2.75, 3.05) is 39.8 Å². The summed E-state index contributed by atoms with van der Waals surface area (Å²) >= 11 is 0. The van der Waals surface area contributed by atoms with Crippen molar-refractivity contribution in [3.63, 3.8) is 0 Å². The lowest BCUT2D eigenvalue weighted by molar-refractivity contribution is -0.136. The summed E-state index contributed by atoms with van der Waals surface area (Å²) < 4.78 is 24.5. The molecule has 2 N–H and O–H groups in total. The van der Waals surface area contributed by atoms with Crippen LogP contribution in [0.1, 0.15) is 6.92 Å². The summed E-state index contributed by atoms with van der Waals surface area (Å²) in [5, 5.41) is 10.3.